The number of halogens is 1. The zero-order valence-corrected chi connectivity index (χ0v) is 16.6. The van der Waals surface area contributed by atoms with Crippen LogP contribution in [0.15, 0.2) is 39.9 Å². The lowest BCUT2D eigenvalue weighted by molar-refractivity contribution is -0.119. The van der Waals surface area contributed by atoms with Crippen LogP contribution in [0.1, 0.15) is 25.0 Å². The minimum atomic E-state index is -0.284. The van der Waals surface area contributed by atoms with Gasteiger partial charge in [-0.3, -0.25) is 9.79 Å². The van der Waals surface area contributed by atoms with Crippen molar-refractivity contribution < 1.29 is 13.6 Å². The van der Waals surface area contributed by atoms with E-state index in [9.17, 15) is 9.18 Å². The second-order valence-electron chi connectivity index (χ2n) is 7.85. The fourth-order valence-corrected chi connectivity index (χ4v) is 4.21. The molecule has 3 heterocycles. The van der Waals surface area contributed by atoms with Crippen LogP contribution in [0.2, 0.25) is 0 Å². The largest absolute Gasteiger partial charge is 0.444 e. The zero-order valence-electron chi connectivity index (χ0n) is 16.6. The maximum atomic E-state index is 13.1. The quantitative estimate of drug-likeness (QED) is 0.608. The molecule has 1 aromatic heterocycles. The number of aromatic nitrogens is 1. The van der Waals surface area contributed by atoms with Gasteiger partial charge in [-0.1, -0.05) is 0 Å². The lowest BCUT2D eigenvalue weighted by Gasteiger charge is -2.40. The van der Waals surface area contributed by atoms with Crippen molar-refractivity contribution in [3.05, 3.63) is 42.0 Å². The SMILES string of the molecule is CN=C(NCCc1coc(-c2ccc(F)cc2)n1)N1CCCC2(CNC(=O)C2)C1. The van der Waals surface area contributed by atoms with Crippen molar-refractivity contribution >= 4 is 11.9 Å². The molecule has 1 atom stereocenters. The van der Waals surface area contributed by atoms with Crippen LogP contribution in [0.4, 0.5) is 4.39 Å². The van der Waals surface area contributed by atoms with Gasteiger partial charge in [0, 0.05) is 57.0 Å². The predicted molar refractivity (Wildman–Crippen MR) is 108 cm³/mol. The normalized spacial score (nSPS) is 22.2. The number of hydrogen-bond acceptors (Lipinski definition) is 4. The Morgan fingerprint density at radius 1 is 1.41 bits per heavy atom. The molecule has 4 rings (SSSR count). The first-order chi connectivity index (χ1) is 14.1. The molecule has 0 bridgehead atoms. The second-order valence-corrected chi connectivity index (χ2v) is 7.85. The van der Waals surface area contributed by atoms with E-state index < -0.39 is 0 Å². The first-order valence-corrected chi connectivity index (χ1v) is 10.00. The number of hydrogen-bond donors (Lipinski definition) is 2. The average molecular weight is 399 g/mol. The van der Waals surface area contributed by atoms with Gasteiger partial charge in [0.1, 0.15) is 12.1 Å². The number of nitrogens with one attached hydrogen (secondary N) is 2. The molecule has 0 saturated carbocycles. The number of guanidine groups is 1. The smallest absolute Gasteiger partial charge is 0.226 e. The highest BCUT2D eigenvalue weighted by Gasteiger charge is 2.42. The molecule has 2 fully saturated rings. The lowest BCUT2D eigenvalue weighted by atomic mass is 9.79. The fourth-order valence-electron chi connectivity index (χ4n) is 4.21. The predicted octanol–water partition coefficient (Wildman–Crippen LogP) is 2.20. The molecule has 1 unspecified atom stereocenters. The highest BCUT2D eigenvalue weighted by Crippen LogP contribution is 2.36. The molecule has 1 aromatic carbocycles. The molecule has 8 heteroatoms. The topological polar surface area (TPSA) is 82.8 Å². The van der Waals surface area contributed by atoms with Crippen LogP contribution in [-0.2, 0) is 11.2 Å². The fraction of sp³-hybridized carbons (Fsp3) is 0.476. The van der Waals surface area contributed by atoms with Crippen molar-refractivity contribution in [2.75, 3.05) is 33.2 Å². The Morgan fingerprint density at radius 2 is 2.24 bits per heavy atom. The van der Waals surface area contributed by atoms with Gasteiger partial charge in [0.2, 0.25) is 11.8 Å². The lowest BCUT2D eigenvalue weighted by Crippen LogP contribution is -2.51. The Labute approximate surface area is 169 Å². The number of piperidine rings is 1. The van der Waals surface area contributed by atoms with Crippen LogP contribution in [0, 0.1) is 11.2 Å². The third kappa shape index (κ3) is 4.41. The summed E-state index contributed by atoms with van der Waals surface area (Å²) in [5.74, 6) is 1.21. The number of oxazole rings is 1. The Bertz CT molecular complexity index is 895. The molecule has 2 aliphatic heterocycles. The highest BCUT2D eigenvalue weighted by molar-refractivity contribution is 5.81. The Morgan fingerprint density at radius 3 is 2.97 bits per heavy atom. The molecule has 154 valence electrons. The summed E-state index contributed by atoms with van der Waals surface area (Å²) in [7, 11) is 1.78. The molecular formula is C21H26FN5O2. The molecule has 2 aliphatic rings. The second kappa shape index (κ2) is 8.23. The number of carbonyl (C=O) groups is 1. The number of carbonyl (C=O) groups excluding carboxylic acids is 1. The zero-order chi connectivity index (χ0) is 20.3. The van der Waals surface area contributed by atoms with E-state index in [4.69, 9.17) is 4.42 Å². The minimum absolute atomic E-state index is 0.0309. The van der Waals surface area contributed by atoms with Crippen LogP contribution in [0.25, 0.3) is 11.5 Å². The van der Waals surface area contributed by atoms with Crippen LogP contribution in [-0.4, -0.2) is 55.0 Å². The Kier molecular flexibility index (Phi) is 5.51. The number of amides is 1. The van der Waals surface area contributed by atoms with Gasteiger partial charge in [0.05, 0.1) is 5.69 Å². The van der Waals surface area contributed by atoms with Gasteiger partial charge in [0.25, 0.3) is 0 Å². The van der Waals surface area contributed by atoms with E-state index in [1.54, 1.807) is 25.4 Å². The summed E-state index contributed by atoms with van der Waals surface area (Å²) in [6.45, 7) is 3.20. The van der Waals surface area contributed by atoms with E-state index >= 15 is 0 Å². The Hall–Kier alpha value is -2.90. The van der Waals surface area contributed by atoms with Crippen LogP contribution < -0.4 is 10.6 Å². The van der Waals surface area contributed by atoms with Crippen molar-refractivity contribution in [2.24, 2.45) is 10.4 Å². The number of likely N-dealkylation sites (tertiary alicyclic amines) is 1. The monoisotopic (exact) mass is 399 g/mol. The van der Waals surface area contributed by atoms with E-state index in [0.29, 0.717) is 25.3 Å². The molecular weight excluding hydrogens is 373 g/mol. The van der Waals surface area contributed by atoms with E-state index in [1.165, 1.54) is 12.1 Å². The summed E-state index contributed by atoms with van der Waals surface area (Å²) in [5.41, 5.74) is 1.61. The standard InChI is InChI=1S/C21H26FN5O2/c1-23-20(27-10-2-8-21(14-27)11-18(28)25-13-21)24-9-7-17-12-29-19(26-17)15-3-5-16(22)6-4-15/h3-6,12H,2,7-11,13-14H2,1H3,(H,23,24)(H,25,28). The number of benzene rings is 1. The molecule has 0 aliphatic carbocycles. The van der Waals surface area contributed by atoms with Gasteiger partial charge in [0.15, 0.2) is 5.96 Å². The van der Waals surface area contributed by atoms with Gasteiger partial charge in [-0.2, -0.15) is 0 Å². The highest BCUT2D eigenvalue weighted by atomic mass is 19.1. The molecule has 1 spiro atoms. The summed E-state index contributed by atoms with van der Waals surface area (Å²) in [5, 5.41) is 6.38. The molecule has 2 N–H and O–H groups in total. The Balaban J connectivity index is 1.31. The molecule has 29 heavy (non-hydrogen) atoms. The van der Waals surface area contributed by atoms with E-state index in [1.807, 2.05) is 0 Å². The van der Waals surface area contributed by atoms with Gasteiger partial charge in [-0.15, -0.1) is 0 Å². The number of nitrogens with zero attached hydrogens (tertiary/aromatic N) is 3. The summed E-state index contributed by atoms with van der Waals surface area (Å²) in [6, 6.07) is 6.09. The summed E-state index contributed by atoms with van der Waals surface area (Å²) < 4.78 is 18.6. The van der Waals surface area contributed by atoms with Gasteiger partial charge >= 0.3 is 0 Å². The van der Waals surface area contributed by atoms with Gasteiger partial charge in [-0.25, -0.2) is 9.37 Å². The third-order valence-electron chi connectivity index (χ3n) is 5.68. The summed E-state index contributed by atoms with van der Waals surface area (Å²) in [6.07, 6.45) is 5.05. The van der Waals surface area contributed by atoms with E-state index in [0.717, 1.165) is 49.7 Å². The van der Waals surface area contributed by atoms with Crippen LogP contribution in [0.3, 0.4) is 0 Å². The molecule has 7 nitrogen and oxygen atoms in total. The van der Waals surface area contributed by atoms with Crippen molar-refractivity contribution in [1.82, 2.24) is 20.5 Å². The molecule has 0 radical (unpaired) electrons. The average Bonchev–Trinajstić information content (AvgIpc) is 3.33. The molecule has 2 saturated heterocycles. The summed E-state index contributed by atoms with van der Waals surface area (Å²) >= 11 is 0. The van der Waals surface area contributed by atoms with Gasteiger partial charge in [-0.05, 0) is 37.1 Å². The maximum absolute atomic E-state index is 13.1. The van der Waals surface area contributed by atoms with E-state index in [2.05, 4.69) is 25.5 Å². The van der Waals surface area contributed by atoms with Crippen LogP contribution >= 0.6 is 0 Å². The number of aliphatic imine (C=N–C) groups is 1. The van der Waals surface area contributed by atoms with Crippen molar-refractivity contribution in [1.29, 1.82) is 0 Å². The van der Waals surface area contributed by atoms with E-state index in [-0.39, 0.29) is 17.1 Å². The third-order valence-corrected chi connectivity index (χ3v) is 5.68. The van der Waals surface area contributed by atoms with Crippen molar-refractivity contribution in [2.45, 2.75) is 25.7 Å². The van der Waals surface area contributed by atoms with Crippen LogP contribution in [0.5, 0.6) is 0 Å². The first-order valence-electron chi connectivity index (χ1n) is 10.00. The maximum Gasteiger partial charge on any atom is 0.226 e. The molecule has 2 aromatic rings. The summed E-state index contributed by atoms with van der Waals surface area (Å²) in [4.78, 5) is 22.9. The number of rotatable bonds is 4. The van der Waals surface area contributed by atoms with Gasteiger partial charge < -0.3 is 20.0 Å². The van der Waals surface area contributed by atoms with Crippen molar-refractivity contribution in [3.8, 4) is 11.5 Å². The minimum Gasteiger partial charge on any atom is -0.444 e. The molecule has 1 amide bonds. The first kappa shape index (κ1) is 19.4. The van der Waals surface area contributed by atoms with Crippen molar-refractivity contribution in [3.63, 3.8) is 0 Å².